The Morgan fingerprint density at radius 2 is 2.00 bits per heavy atom. The number of ketones is 1. The third-order valence-electron chi connectivity index (χ3n) is 2.58. The monoisotopic (exact) mass is 272 g/mol. The second kappa shape index (κ2) is 6.47. The number of hydrogen-bond donors (Lipinski definition) is 0. The Morgan fingerprint density at radius 3 is 2.74 bits per heavy atom. The smallest absolute Gasteiger partial charge is 0.261 e. The maximum atomic E-state index is 11.8. The van der Waals surface area contributed by atoms with Crippen molar-refractivity contribution in [3.63, 3.8) is 0 Å². The van der Waals surface area contributed by atoms with Crippen molar-refractivity contribution in [2.24, 2.45) is 0 Å². The predicted octanol–water partition coefficient (Wildman–Crippen LogP) is 2.31. The average molecular weight is 272 g/mol. The zero-order valence-electron chi connectivity index (χ0n) is 10.2. The molecule has 0 spiro atoms. The molecule has 104 valence electrons. The van der Waals surface area contributed by atoms with Gasteiger partial charge in [-0.15, -0.1) is 0 Å². The highest BCUT2D eigenvalue weighted by Crippen LogP contribution is 2.31. The molecule has 2 rings (SSSR count). The van der Waals surface area contributed by atoms with Crippen LogP contribution in [0.1, 0.15) is 16.8 Å². The molecule has 4 nitrogen and oxygen atoms in total. The molecule has 0 N–H and O–H groups in total. The summed E-state index contributed by atoms with van der Waals surface area (Å²) in [6.45, 7) is 0.274. The first-order chi connectivity index (χ1) is 9.16. The summed E-state index contributed by atoms with van der Waals surface area (Å²) in [4.78, 5) is 11.8. The molecule has 0 radical (unpaired) electrons. The van der Waals surface area contributed by atoms with Gasteiger partial charge in [0.1, 0.15) is 19.8 Å². The number of hydrogen-bond acceptors (Lipinski definition) is 4. The molecule has 1 aromatic carbocycles. The minimum Gasteiger partial charge on any atom is -0.486 e. The highest BCUT2D eigenvalue weighted by Gasteiger charge is 2.15. The Bertz CT molecular complexity index is 448. The van der Waals surface area contributed by atoms with E-state index in [4.69, 9.17) is 9.47 Å². The fourth-order valence-corrected chi connectivity index (χ4v) is 1.70. The van der Waals surface area contributed by atoms with Crippen LogP contribution in [0.15, 0.2) is 18.2 Å². The van der Waals surface area contributed by atoms with Crippen molar-refractivity contribution < 1.29 is 27.8 Å². The Morgan fingerprint density at radius 1 is 1.26 bits per heavy atom. The van der Waals surface area contributed by atoms with Crippen LogP contribution in [0.2, 0.25) is 0 Å². The number of fused-ring (bicyclic) bond motifs is 1. The molecule has 1 aliphatic rings. The number of rotatable bonds is 6. The van der Waals surface area contributed by atoms with E-state index in [0.29, 0.717) is 30.3 Å². The molecule has 0 atom stereocenters. The fourth-order valence-electron chi connectivity index (χ4n) is 1.70. The lowest BCUT2D eigenvalue weighted by atomic mass is 10.1. The Hall–Kier alpha value is -1.69. The van der Waals surface area contributed by atoms with Gasteiger partial charge < -0.3 is 14.2 Å². The lowest BCUT2D eigenvalue weighted by molar-refractivity contribution is 0.0170. The van der Waals surface area contributed by atoms with Gasteiger partial charge in [0.2, 0.25) is 0 Å². The largest absolute Gasteiger partial charge is 0.486 e. The van der Waals surface area contributed by atoms with E-state index in [9.17, 15) is 13.6 Å². The summed E-state index contributed by atoms with van der Waals surface area (Å²) in [6.07, 6.45) is -2.45. The van der Waals surface area contributed by atoms with E-state index >= 15 is 0 Å². The van der Waals surface area contributed by atoms with Gasteiger partial charge >= 0.3 is 0 Å². The summed E-state index contributed by atoms with van der Waals surface area (Å²) in [7, 11) is 0. The van der Waals surface area contributed by atoms with Crippen molar-refractivity contribution in [1.29, 1.82) is 0 Å². The number of alkyl halides is 2. The van der Waals surface area contributed by atoms with Gasteiger partial charge in [-0.25, -0.2) is 8.78 Å². The third-order valence-corrected chi connectivity index (χ3v) is 2.58. The van der Waals surface area contributed by atoms with Crippen LogP contribution in [-0.2, 0) is 4.74 Å². The van der Waals surface area contributed by atoms with Crippen molar-refractivity contribution in [3.8, 4) is 11.5 Å². The summed E-state index contributed by atoms with van der Waals surface area (Å²) in [6, 6.07) is 4.90. The molecular formula is C13H14F2O4. The van der Waals surface area contributed by atoms with Crippen molar-refractivity contribution in [3.05, 3.63) is 23.8 Å². The molecule has 0 aromatic heterocycles. The predicted molar refractivity (Wildman–Crippen MR) is 63.2 cm³/mol. The minimum absolute atomic E-state index is 0.0163. The van der Waals surface area contributed by atoms with Crippen LogP contribution in [0.5, 0.6) is 11.5 Å². The van der Waals surface area contributed by atoms with E-state index in [1.165, 1.54) is 0 Å². The van der Waals surface area contributed by atoms with Crippen molar-refractivity contribution in [2.45, 2.75) is 12.8 Å². The molecule has 1 aliphatic heterocycles. The molecule has 19 heavy (non-hydrogen) atoms. The Balaban J connectivity index is 1.88. The lowest BCUT2D eigenvalue weighted by Crippen LogP contribution is -2.16. The number of halogens is 2. The molecule has 0 unspecified atom stereocenters. The molecule has 0 saturated carbocycles. The molecule has 0 amide bonds. The second-order valence-corrected chi connectivity index (χ2v) is 4.00. The normalized spacial score (nSPS) is 13.6. The van der Waals surface area contributed by atoms with Crippen LogP contribution in [0.3, 0.4) is 0 Å². The summed E-state index contributed by atoms with van der Waals surface area (Å²) in [5, 5.41) is 0. The summed E-state index contributed by atoms with van der Waals surface area (Å²) in [5.41, 5.74) is 0.463. The molecule has 0 bridgehead atoms. The Labute approximate surface area is 109 Å². The van der Waals surface area contributed by atoms with Gasteiger partial charge in [-0.3, -0.25) is 4.79 Å². The zero-order chi connectivity index (χ0) is 13.7. The lowest BCUT2D eigenvalue weighted by Gasteiger charge is -2.18. The van der Waals surface area contributed by atoms with Gasteiger partial charge in [-0.2, -0.15) is 0 Å². The maximum Gasteiger partial charge on any atom is 0.261 e. The van der Waals surface area contributed by atoms with Crippen LogP contribution < -0.4 is 9.47 Å². The van der Waals surface area contributed by atoms with E-state index in [2.05, 4.69) is 4.74 Å². The SMILES string of the molecule is O=C(CCOCC(F)F)c1ccc2c(c1)OCCO2. The van der Waals surface area contributed by atoms with E-state index in [-0.39, 0.29) is 18.8 Å². The molecule has 1 heterocycles. The van der Waals surface area contributed by atoms with E-state index < -0.39 is 13.0 Å². The van der Waals surface area contributed by atoms with Gasteiger partial charge in [-0.05, 0) is 18.2 Å². The Kier molecular flexibility index (Phi) is 4.68. The first kappa shape index (κ1) is 13.7. The number of benzene rings is 1. The second-order valence-electron chi connectivity index (χ2n) is 4.00. The van der Waals surface area contributed by atoms with Crippen LogP contribution in [0.25, 0.3) is 0 Å². The van der Waals surface area contributed by atoms with E-state index in [0.717, 1.165) is 0 Å². The topological polar surface area (TPSA) is 44.8 Å². The highest BCUT2D eigenvalue weighted by molar-refractivity contribution is 5.96. The molecule has 0 fully saturated rings. The molecule has 6 heteroatoms. The van der Waals surface area contributed by atoms with Crippen LogP contribution in [-0.4, -0.2) is 38.6 Å². The number of ether oxygens (including phenoxy) is 3. The van der Waals surface area contributed by atoms with E-state index in [1.54, 1.807) is 18.2 Å². The number of Topliss-reactive ketones (excluding diaryl/α,β-unsaturated/α-hetero) is 1. The van der Waals surface area contributed by atoms with Crippen LogP contribution in [0.4, 0.5) is 8.78 Å². The van der Waals surface area contributed by atoms with Crippen LogP contribution >= 0.6 is 0 Å². The molecule has 0 aliphatic carbocycles. The maximum absolute atomic E-state index is 11.8. The van der Waals surface area contributed by atoms with Gasteiger partial charge in [0, 0.05) is 12.0 Å². The minimum atomic E-state index is -2.51. The van der Waals surface area contributed by atoms with Gasteiger partial charge in [0.15, 0.2) is 17.3 Å². The van der Waals surface area contributed by atoms with Gasteiger partial charge in [0.25, 0.3) is 6.43 Å². The first-order valence-electron chi connectivity index (χ1n) is 5.95. The zero-order valence-corrected chi connectivity index (χ0v) is 10.2. The van der Waals surface area contributed by atoms with Crippen molar-refractivity contribution in [2.75, 3.05) is 26.4 Å². The summed E-state index contributed by atoms with van der Waals surface area (Å²) >= 11 is 0. The fraction of sp³-hybridized carbons (Fsp3) is 0.462. The average Bonchev–Trinajstić information content (AvgIpc) is 2.42. The highest BCUT2D eigenvalue weighted by atomic mass is 19.3. The van der Waals surface area contributed by atoms with Crippen molar-refractivity contribution >= 4 is 5.78 Å². The van der Waals surface area contributed by atoms with E-state index in [1.807, 2.05) is 0 Å². The number of carbonyl (C=O) groups excluding carboxylic acids is 1. The number of carbonyl (C=O) groups is 1. The van der Waals surface area contributed by atoms with Crippen LogP contribution in [0, 0.1) is 0 Å². The summed E-state index contributed by atoms with van der Waals surface area (Å²) < 4.78 is 39.0. The van der Waals surface area contributed by atoms with Gasteiger partial charge in [0.05, 0.1) is 6.61 Å². The quantitative estimate of drug-likeness (QED) is 0.589. The third kappa shape index (κ3) is 3.89. The van der Waals surface area contributed by atoms with Crippen molar-refractivity contribution in [1.82, 2.24) is 0 Å². The molecule has 0 saturated heterocycles. The summed E-state index contributed by atoms with van der Waals surface area (Å²) in [5.74, 6) is 0.966. The standard InChI is InChI=1S/C13H14F2O4/c14-13(15)8-17-4-3-10(16)9-1-2-11-12(7-9)19-6-5-18-11/h1-2,7,13H,3-6,8H2. The van der Waals surface area contributed by atoms with Gasteiger partial charge in [-0.1, -0.05) is 0 Å². The molecular weight excluding hydrogens is 258 g/mol. The molecule has 1 aromatic rings. The first-order valence-corrected chi connectivity index (χ1v) is 5.95.